The topological polar surface area (TPSA) is 61.9 Å². The first kappa shape index (κ1) is 18.9. The second-order valence-corrected chi connectivity index (χ2v) is 6.65. The Labute approximate surface area is 159 Å². The molecular formula is C21H25N3O3. The first-order valence-electron chi connectivity index (χ1n) is 9.18. The van der Waals surface area contributed by atoms with Crippen LogP contribution < -0.4 is 10.2 Å². The Bertz CT molecular complexity index is 779. The van der Waals surface area contributed by atoms with Gasteiger partial charge in [-0.1, -0.05) is 36.4 Å². The molecule has 1 fully saturated rings. The lowest BCUT2D eigenvalue weighted by Gasteiger charge is -2.17. The highest BCUT2D eigenvalue weighted by Gasteiger charge is 2.24. The van der Waals surface area contributed by atoms with Gasteiger partial charge in [-0.15, -0.1) is 0 Å². The zero-order valence-electron chi connectivity index (χ0n) is 15.6. The summed E-state index contributed by atoms with van der Waals surface area (Å²) >= 11 is 0. The van der Waals surface area contributed by atoms with Crippen molar-refractivity contribution in [2.24, 2.45) is 0 Å². The van der Waals surface area contributed by atoms with Crippen molar-refractivity contribution in [3.05, 3.63) is 65.7 Å². The molecule has 0 spiro atoms. The molecule has 0 unspecified atom stereocenters. The summed E-state index contributed by atoms with van der Waals surface area (Å²) in [4.78, 5) is 27.8. The van der Waals surface area contributed by atoms with E-state index >= 15 is 0 Å². The van der Waals surface area contributed by atoms with Gasteiger partial charge < -0.3 is 15.0 Å². The average molecular weight is 367 g/mol. The average Bonchev–Trinajstić information content (AvgIpc) is 3.12. The van der Waals surface area contributed by atoms with Gasteiger partial charge in [-0.25, -0.2) is 4.79 Å². The molecule has 0 atom stereocenters. The third kappa shape index (κ3) is 5.31. The standard InChI is InChI=1S/C21H25N3O3/c1-23(16-17-7-3-2-4-8-17)12-6-11-22-20(25)18-9-5-10-19(15-18)24-13-14-27-21(24)26/h2-5,7-10,15H,6,11-14,16H2,1H3,(H,22,25). The van der Waals surface area contributed by atoms with Crippen molar-refractivity contribution in [1.29, 1.82) is 0 Å². The summed E-state index contributed by atoms with van der Waals surface area (Å²) in [6.45, 7) is 3.29. The number of nitrogens with zero attached hydrogens (tertiary/aromatic N) is 2. The first-order valence-corrected chi connectivity index (χ1v) is 9.18. The van der Waals surface area contributed by atoms with Gasteiger partial charge in [-0.05, 0) is 43.8 Å². The van der Waals surface area contributed by atoms with Gasteiger partial charge in [0.2, 0.25) is 0 Å². The van der Waals surface area contributed by atoms with Crippen molar-refractivity contribution >= 4 is 17.7 Å². The lowest BCUT2D eigenvalue weighted by atomic mass is 10.1. The van der Waals surface area contributed by atoms with Gasteiger partial charge in [0.1, 0.15) is 6.61 Å². The van der Waals surface area contributed by atoms with Crippen molar-refractivity contribution in [2.75, 3.05) is 38.2 Å². The molecule has 3 rings (SSSR count). The second kappa shape index (κ2) is 9.19. The van der Waals surface area contributed by atoms with Crippen LogP contribution >= 0.6 is 0 Å². The molecule has 1 saturated heterocycles. The zero-order valence-corrected chi connectivity index (χ0v) is 15.6. The molecule has 0 radical (unpaired) electrons. The summed E-state index contributed by atoms with van der Waals surface area (Å²) in [5.41, 5.74) is 2.51. The minimum atomic E-state index is -0.367. The van der Waals surface area contributed by atoms with E-state index < -0.39 is 0 Å². The van der Waals surface area contributed by atoms with E-state index in [0.29, 0.717) is 30.9 Å². The lowest BCUT2D eigenvalue weighted by Crippen LogP contribution is -2.28. The van der Waals surface area contributed by atoms with Crippen LogP contribution in [-0.4, -0.2) is 50.2 Å². The molecular weight excluding hydrogens is 342 g/mol. The predicted octanol–water partition coefficient (Wildman–Crippen LogP) is 2.90. The largest absolute Gasteiger partial charge is 0.447 e. The predicted molar refractivity (Wildman–Crippen MR) is 105 cm³/mol. The van der Waals surface area contributed by atoms with Gasteiger partial charge in [0.15, 0.2) is 0 Å². The van der Waals surface area contributed by atoms with E-state index in [1.807, 2.05) is 24.3 Å². The highest BCUT2D eigenvalue weighted by molar-refractivity contribution is 5.97. The number of nitrogens with one attached hydrogen (secondary N) is 1. The van der Waals surface area contributed by atoms with Gasteiger partial charge in [-0.3, -0.25) is 9.69 Å². The van der Waals surface area contributed by atoms with Crippen LogP contribution in [0.5, 0.6) is 0 Å². The molecule has 0 bridgehead atoms. The second-order valence-electron chi connectivity index (χ2n) is 6.65. The van der Waals surface area contributed by atoms with Gasteiger partial charge in [0.25, 0.3) is 5.91 Å². The number of amides is 2. The molecule has 0 saturated carbocycles. The third-order valence-corrected chi connectivity index (χ3v) is 4.48. The summed E-state index contributed by atoms with van der Waals surface area (Å²) in [6, 6.07) is 17.4. The van der Waals surface area contributed by atoms with Crippen LogP contribution in [0.1, 0.15) is 22.3 Å². The summed E-state index contributed by atoms with van der Waals surface area (Å²) in [7, 11) is 2.08. The fourth-order valence-corrected chi connectivity index (χ4v) is 3.07. The van der Waals surface area contributed by atoms with Crippen LogP contribution in [0.15, 0.2) is 54.6 Å². The molecule has 2 aromatic rings. The van der Waals surface area contributed by atoms with Crippen LogP contribution in [0.25, 0.3) is 0 Å². The van der Waals surface area contributed by atoms with E-state index in [1.54, 1.807) is 18.2 Å². The van der Waals surface area contributed by atoms with E-state index in [0.717, 1.165) is 19.5 Å². The number of hydrogen-bond acceptors (Lipinski definition) is 4. The monoisotopic (exact) mass is 367 g/mol. The maximum absolute atomic E-state index is 12.4. The van der Waals surface area contributed by atoms with Crippen molar-refractivity contribution < 1.29 is 14.3 Å². The Hall–Kier alpha value is -2.86. The molecule has 1 aliphatic rings. The fourth-order valence-electron chi connectivity index (χ4n) is 3.07. The number of ether oxygens (including phenoxy) is 1. The Morgan fingerprint density at radius 1 is 1.19 bits per heavy atom. The van der Waals surface area contributed by atoms with E-state index in [1.165, 1.54) is 10.5 Å². The number of benzene rings is 2. The van der Waals surface area contributed by atoms with E-state index in [-0.39, 0.29) is 12.0 Å². The third-order valence-electron chi connectivity index (χ3n) is 4.48. The Balaban J connectivity index is 1.43. The van der Waals surface area contributed by atoms with Crippen LogP contribution in [-0.2, 0) is 11.3 Å². The van der Waals surface area contributed by atoms with Crippen molar-refractivity contribution in [3.8, 4) is 0 Å². The summed E-state index contributed by atoms with van der Waals surface area (Å²) in [5.74, 6) is -0.130. The SMILES string of the molecule is CN(CCCNC(=O)c1cccc(N2CCOC2=O)c1)Cc1ccccc1. The van der Waals surface area contributed by atoms with Crippen molar-refractivity contribution in [3.63, 3.8) is 0 Å². The van der Waals surface area contributed by atoms with E-state index in [9.17, 15) is 9.59 Å². The molecule has 2 aromatic carbocycles. The Morgan fingerprint density at radius 2 is 2.00 bits per heavy atom. The number of carbonyl (C=O) groups excluding carboxylic acids is 2. The highest BCUT2D eigenvalue weighted by atomic mass is 16.6. The van der Waals surface area contributed by atoms with Crippen LogP contribution in [0.3, 0.4) is 0 Å². The van der Waals surface area contributed by atoms with Crippen LogP contribution in [0.2, 0.25) is 0 Å². The quantitative estimate of drug-likeness (QED) is 0.729. The molecule has 142 valence electrons. The molecule has 0 aliphatic carbocycles. The lowest BCUT2D eigenvalue weighted by molar-refractivity contribution is 0.0951. The minimum Gasteiger partial charge on any atom is -0.447 e. The van der Waals surface area contributed by atoms with Crippen LogP contribution in [0.4, 0.5) is 10.5 Å². The van der Waals surface area contributed by atoms with Gasteiger partial charge in [0, 0.05) is 24.3 Å². The van der Waals surface area contributed by atoms with Gasteiger partial charge >= 0.3 is 6.09 Å². The molecule has 1 heterocycles. The molecule has 1 aliphatic heterocycles. The summed E-state index contributed by atoms with van der Waals surface area (Å²) in [6.07, 6.45) is 0.502. The van der Waals surface area contributed by atoms with Gasteiger partial charge in [-0.2, -0.15) is 0 Å². The maximum Gasteiger partial charge on any atom is 0.414 e. The van der Waals surface area contributed by atoms with Crippen LogP contribution in [0, 0.1) is 0 Å². The fraction of sp³-hybridized carbons (Fsp3) is 0.333. The molecule has 0 aromatic heterocycles. The number of carbonyl (C=O) groups is 2. The minimum absolute atomic E-state index is 0.130. The summed E-state index contributed by atoms with van der Waals surface area (Å²) in [5, 5.41) is 2.95. The number of hydrogen-bond donors (Lipinski definition) is 1. The number of anilines is 1. The van der Waals surface area contributed by atoms with Gasteiger partial charge in [0.05, 0.1) is 6.54 Å². The van der Waals surface area contributed by atoms with Crippen molar-refractivity contribution in [2.45, 2.75) is 13.0 Å². The van der Waals surface area contributed by atoms with E-state index in [4.69, 9.17) is 4.74 Å². The normalized spacial score (nSPS) is 13.7. The Kier molecular flexibility index (Phi) is 6.44. The van der Waals surface area contributed by atoms with Crippen molar-refractivity contribution in [1.82, 2.24) is 10.2 Å². The van der Waals surface area contributed by atoms with E-state index in [2.05, 4.69) is 29.4 Å². The molecule has 2 amide bonds. The Morgan fingerprint density at radius 3 is 2.74 bits per heavy atom. The molecule has 6 heteroatoms. The first-order chi connectivity index (χ1) is 13.1. The molecule has 27 heavy (non-hydrogen) atoms. The summed E-state index contributed by atoms with van der Waals surface area (Å²) < 4.78 is 4.95. The number of cyclic esters (lactones) is 1. The molecule has 1 N–H and O–H groups in total. The maximum atomic E-state index is 12.4. The smallest absolute Gasteiger partial charge is 0.414 e. The highest BCUT2D eigenvalue weighted by Crippen LogP contribution is 2.19. The number of rotatable bonds is 8. The zero-order chi connectivity index (χ0) is 19.1. The molecule has 6 nitrogen and oxygen atoms in total.